The van der Waals surface area contributed by atoms with Crippen LogP contribution < -0.4 is 5.32 Å². The van der Waals surface area contributed by atoms with Gasteiger partial charge in [-0.15, -0.1) is 0 Å². The Morgan fingerprint density at radius 3 is 2.40 bits per heavy atom. The molecule has 0 fully saturated rings. The second-order valence-electron chi connectivity index (χ2n) is 5.41. The van der Waals surface area contributed by atoms with Crippen molar-refractivity contribution in [1.82, 2.24) is 5.32 Å². The molecule has 0 saturated carbocycles. The lowest BCUT2D eigenvalue weighted by Crippen LogP contribution is -2.32. The van der Waals surface area contributed by atoms with E-state index >= 15 is 0 Å². The highest BCUT2D eigenvalue weighted by Gasteiger charge is 2.25. The molecule has 0 saturated heterocycles. The lowest BCUT2D eigenvalue weighted by atomic mass is 10.0. The summed E-state index contributed by atoms with van der Waals surface area (Å²) in [5.74, 6) is 0.173. The normalized spacial score (nSPS) is 15.0. The number of aryl methyl sites for hydroxylation is 1. The van der Waals surface area contributed by atoms with Crippen molar-refractivity contribution in [1.29, 1.82) is 0 Å². The Balaban J connectivity index is 2.99. The Kier molecular flexibility index (Phi) is 6.69. The Hall–Kier alpha value is -0.870. The minimum Gasteiger partial charge on any atom is -0.309 e. The molecule has 2 atom stereocenters. The Bertz CT molecular complexity index is 511. The summed E-state index contributed by atoms with van der Waals surface area (Å²) in [6.45, 7) is 8.67. The second kappa shape index (κ2) is 7.79. The maximum atomic E-state index is 12.4. The van der Waals surface area contributed by atoms with Gasteiger partial charge in [-0.3, -0.25) is 0 Å². The number of nitrogens with one attached hydrogen (secondary N) is 1. The quantitative estimate of drug-likeness (QED) is 0.801. The summed E-state index contributed by atoms with van der Waals surface area (Å²) in [5, 5.41) is 3.10. The molecule has 0 aliphatic rings. The zero-order valence-corrected chi connectivity index (χ0v) is 13.8. The molecule has 0 bridgehead atoms. The van der Waals surface area contributed by atoms with Crippen molar-refractivity contribution in [2.45, 2.75) is 51.8 Å². The van der Waals surface area contributed by atoms with Gasteiger partial charge >= 0.3 is 0 Å². The summed E-state index contributed by atoms with van der Waals surface area (Å²) in [7, 11) is -3.07. The van der Waals surface area contributed by atoms with E-state index in [1.54, 1.807) is 6.92 Å². The third kappa shape index (κ3) is 4.60. The Labute approximate surface area is 123 Å². The first kappa shape index (κ1) is 17.2. The fraction of sp³-hybridized carbons (Fsp3) is 0.625. The largest absolute Gasteiger partial charge is 0.309 e. The van der Waals surface area contributed by atoms with Gasteiger partial charge in [0.25, 0.3) is 0 Å². The molecule has 0 aliphatic heterocycles. The van der Waals surface area contributed by atoms with Gasteiger partial charge in [-0.2, -0.15) is 0 Å². The van der Waals surface area contributed by atoms with Crippen LogP contribution in [-0.2, 0) is 9.84 Å². The number of sulfone groups is 1. The SMILES string of the molecule is CCCNC(CS(=O)(=O)C(C)CC)c1ccccc1C. The van der Waals surface area contributed by atoms with E-state index in [1.807, 2.05) is 38.1 Å². The summed E-state index contributed by atoms with van der Waals surface area (Å²) in [6.07, 6.45) is 1.66. The first-order valence-corrected chi connectivity index (χ1v) is 9.14. The summed E-state index contributed by atoms with van der Waals surface area (Å²) in [4.78, 5) is 0. The highest BCUT2D eigenvalue weighted by Crippen LogP contribution is 2.21. The number of hydrogen-bond donors (Lipinski definition) is 1. The van der Waals surface area contributed by atoms with Crippen LogP contribution in [0.1, 0.15) is 50.8 Å². The third-order valence-electron chi connectivity index (χ3n) is 3.79. The van der Waals surface area contributed by atoms with E-state index in [9.17, 15) is 8.42 Å². The summed E-state index contributed by atoms with van der Waals surface area (Å²) < 4.78 is 24.8. The monoisotopic (exact) mass is 297 g/mol. The lowest BCUT2D eigenvalue weighted by Gasteiger charge is -2.22. The summed E-state index contributed by atoms with van der Waals surface area (Å²) >= 11 is 0. The summed E-state index contributed by atoms with van der Waals surface area (Å²) in [6, 6.07) is 7.90. The molecule has 2 unspecified atom stereocenters. The van der Waals surface area contributed by atoms with Gasteiger partial charge < -0.3 is 5.32 Å². The van der Waals surface area contributed by atoms with Crippen LogP contribution in [0.3, 0.4) is 0 Å². The smallest absolute Gasteiger partial charge is 0.154 e. The molecule has 1 rings (SSSR count). The van der Waals surface area contributed by atoms with Gasteiger partial charge in [0.15, 0.2) is 9.84 Å². The van der Waals surface area contributed by atoms with Gasteiger partial charge in [-0.05, 0) is 44.4 Å². The predicted molar refractivity (Wildman–Crippen MR) is 85.8 cm³/mol. The van der Waals surface area contributed by atoms with Gasteiger partial charge in [0.2, 0.25) is 0 Å². The van der Waals surface area contributed by atoms with Crippen LogP contribution >= 0.6 is 0 Å². The van der Waals surface area contributed by atoms with E-state index in [1.165, 1.54) is 0 Å². The van der Waals surface area contributed by atoms with Crippen LogP contribution in [-0.4, -0.2) is 26.0 Å². The average Bonchev–Trinajstić information content (AvgIpc) is 2.43. The van der Waals surface area contributed by atoms with Crippen molar-refractivity contribution in [3.05, 3.63) is 35.4 Å². The topological polar surface area (TPSA) is 46.2 Å². The molecule has 114 valence electrons. The highest BCUT2D eigenvalue weighted by atomic mass is 32.2. The van der Waals surface area contributed by atoms with E-state index in [-0.39, 0.29) is 17.0 Å². The number of rotatable bonds is 8. The highest BCUT2D eigenvalue weighted by molar-refractivity contribution is 7.92. The molecule has 1 aromatic carbocycles. The fourth-order valence-corrected chi connectivity index (χ4v) is 3.80. The minimum absolute atomic E-state index is 0.116. The van der Waals surface area contributed by atoms with Crippen molar-refractivity contribution < 1.29 is 8.42 Å². The molecular weight excluding hydrogens is 270 g/mol. The minimum atomic E-state index is -3.07. The van der Waals surface area contributed by atoms with Crippen LogP contribution in [0.4, 0.5) is 0 Å². The number of benzene rings is 1. The molecular formula is C16H27NO2S. The van der Waals surface area contributed by atoms with Crippen LogP contribution in [0.2, 0.25) is 0 Å². The van der Waals surface area contributed by atoms with Gasteiger partial charge in [0, 0.05) is 6.04 Å². The summed E-state index contributed by atoms with van der Waals surface area (Å²) in [5.41, 5.74) is 2.23. The lowest BCUT2D eigenvalue weighted by molar-refractivity contribution is 0.537. The maximum Gasteiger partial charge on any atom is 0.154 e. The van der Waals surface area contributed by atoms with Gasteiger partial charge in [-0.25, -0.2) is 8.42 Å². The van der Waals surface area contributed by atoms with Crippen molar-refractivity contribution in [3.8, 4) is 0 Å². The van der Waals surface area contributed by atoms with Crippen LogP contribution in [0.15, 0.2) is 24.3 Å². The van der Waals surface area contributed by atoms with E-state index in [4.69, 9.17) is 0 Å². The first-order chi connectivity index (χ1) is 9.42. The van der Waals surface area contributed by atoms with E-state index in [2.05, 4.69) is 12.2 Å². The van der Waals surface area contributed by atoms with E-state index < -0.39 is 9.84 Å². The average molecular weight is 297 g/mol. The van der Waals surface area contributed by atoms with Gasteiger partial charge in [-0.1, -0.05) is 38.1 Å². The molecule has 0 aliphatic carbocycles. The molecule has 0 amide bonds. The van der Waals surface area contributed by atoms with Crippen LogP contribution in [0, 0.1) is 6.92 Å². The molecule has 20 heavy (non-hydrogen) atoms. The molecule has 0 heterocycles. The van der Waals surface area contributed by atoms with E-state index in [0.717, 1.165) is 24.1 Å². The predicted octanol–water partition coefficient (Wildman–Crippen LogP) is 3.25. The third-order valence-corrected chi connectivity index (χ3v) is 6.15. The van der Waals surface area contributed by atoms with Crippen molar-refractivity contribution in [2.75, 3.05) is 12.3 Å². The molecule has 1 aromatic rings. The zero-order valence-electron chi connectivity index (χ0n) is 13.0. The van der Waals surface area contributed by atoms with Gasteiger partial charge in [0.05, 0.1) is 11.0 Å². The van der Waals surface area contributed by atoms with E-state index in [0.29, 0.717) is 6.42 Å². The molecule has 1 N–H and O–H groups in total. The van der Waals surface area contributed by atoms with Gasteiger partial charge in [0.1, 0.15) is 0 Å². The Morgan fingerprint density at radius 1 is 1.20 bits per heavy atom. The maximum absolute atomic E-state index is 12.4. The molecule has 0 radical (unpaired) electrons. The van der Waals surface area contributed by atoms with Crippen molar-refractivity contribution in [2.24, 2.45) is 0 Å². The van der Waals surface area contributed by atoms with Crippen molar-refractivity contribution >= 4 is 9.84 Å². The fourth-order valence-electron chi connectivity index (χ4n) is 2.21. The standard InChI is InChI=1S/C16H27NO2S/c1-5-11-17-16(12-20(18,19)14(4)6-2)15-10-8-7-9-13(15)3/h7-10,14,16-17H,5-6,11-12H2,1-4H3. The molecule has 3 nitrogen and oxygen atoms in total. The van der Waals surface area contributed by atoms with Crippen LogP contribution in [0.25, 0.3) is 0 Å². The van der Waals surface area contributed by atoms with Crippen molar-refractivity contribution in [3.63, 3.8) is 0 Å². The zero-order chi connectivity index (χ0) is 15.2. The molecule has 4 heteroatoms. The molecule has 0 spiro atoms. The Morgan fingerprint density at radius 2 is 1.85 bits per heavy atom. The van der Waals surface area contributed by atoms with Crippen LogP contribution in [0.5, 0.6) is 0 Å². The number of hydrogen-bond acceptors (Lipinski definition) is 3. The second-order valence-corrected chi connectivity index (χ2v) is 7.88. The first-order valence-electron chi connectivity index (χ1n) is 7.42. The molecule has 0 aromatic heterocycles.